The van der Waals surface area contributed by atoms with Crippen LogP contribution in [0.4, 0.5) is 4.79 Å². The minimum atomic E-state index is -0.825. The van der Waals surface area contributed by atoms with Crippen molar-refractivity contribution in [3.63, 3.8) is 0 Å². The predicted molar refractivity (Wildman–Crippen MR) is 101 cm³/mol. The Morgan fingerprint density at radius 2 is 1.77 bits per heavy atom. The van der Waals surface area contributed by atoms with E-state index in [0.717, 1.165) is 18.4 Å². The van der Waals surface area contributed by atoms with E-state index >= 15 is 0 Å². The third-order valence-corrected chi connectivity index (χ3v) is 6.02. The molecule has 0 aliphatic carbocycles. The minimum Gasteiger partial charge on any atom is -0.465 e. The van der Waals surface area contributed by atoms with Crippen molar-refractivity contribution in [2.75, 3.05) is 26.2 Å². The van der Waals surface area contributed by atoms with Gasteiger partial charge in [0.1, 0.15) is 0 Å². The first-order valence-corrected chi connectivity index (χ1v) is 9.66. The Bertz CT molecular complexity index is 675. The summed E-state index contributed by atoms with van der Waals surface area (Å²) in [5.41, 5.74) is 0.580. The molecule has 0 saturated carbocycles. The highest BCUT2D eigenvalue weighted by molar-refractivity contribution is 6.30. The molecule has 2 aliphatic heterocycles. The lowest BCUT2D eigenvalue weighted by Crippen LogP contribution is -2.43. The first-order chi connectivity index (χ1) is 12.3. The van der Waals surface area contributed by atoms with Crippen molar-refractivity contribution in [1.29, 1.82) is 0 Å². The molecule has 0 aromatic heterocycles. The molecule has 2 saturated heterocycles. The number of carbonyl (C=O) groups is 2. The van der Waals surface area contributed by atoms with Crippen LogP contribution >= 0.6 is 11.6 Å². The van der Waals surface area contributed by atoms with Gasteiger partial charge in [0.2, 0.25) is 5.91 Å². The van der Waals surface area contributed by atoms with Crippen molar-refractivity contribution in [3.8, 4) is 0 Å². The van der Waals surface area contributed by atoms with Crippen LogP contribution in [0.5, 0.6) is 0 Å². The molecule has 2 heterocycles. The Morgan fingerprint density at radius 3 is 2.31 bits per heavy atom. The molecule has 6 heteroatoms. The van der Waals surface area contributed by atoms with Crippen molar-refractivity contribution in [3.05, 3.63) is 34.9 Å². The molecule has 1 aromatic carbocycles. The number of fused-ring (bicyclic) bond motifs is 1. The standard InChI is InChI=1S/C20H27ClN2O3/c1-20(2,11-14-4-3-5-17(21)10-14)18(24)22-8-6-15-12-23(19(25)26)13-16(15)7-9-22/h3-5,10,15-16H,6-9,11-13H2,1-2H3,(H,25,26)/t15-,16+. The van der Waals surface area contributed by atoms with Gasteiger partial charge in [-0.3, -0.25) is 4.79 Å². The van der Waals surface area contributed by atoms with Crippen molar-refractivity contribution in [2.24, 2.45) is 17.3 Å². The van der Waals surface area contributed by atoms with Crippen LogP contribution in [0.3, 0.4) is 0 Å². The largest absolute Gasteiger partial charge is 0.465 e. The lowest BCUT2D eigenvalue weighted by Gasteiger charge is -2.32. The summed E-state index contributed by atoms with van der Waals surface area (Å²) in [7, 11) is 0. The van der Waals surface area contributed by atoms with Gasteiger partial charge in [0, 0.05) is 36.6 Å². The van der Waals surface area contributed by atoms with E-state index in [1.807, 2.05) is 43.0 Å². The summed E-state index contributed by atoms with van der Waals surface area (Å²) >= 11 is 6.07. The molecule has 0 unspecified atom stereocenters. The van der Waals surface area contributed by atoms with Crippen molar-refractivity contribution in [1.82, 2.24) is 9.80 Å². The van der Waals surface area contributed by atoms with Gasteiger partial charge in [-0.25, -0.2) is 4.79 Å². The molecule has 0 spiro atoms. The van der Waals surface area contributed by atoms with E-state index in [-0.39, 0.29) is 5.91 Å². The number of halogens is 1. The Hall–Kier alpha value is -1.75. The second-order valence-electron chi connectivity index (χ2n) is 8.27. The zero-order valence-corrected chi connectivity index (χ0v) is 16.2. The Labute approximate surface area is 159 Å². The zero-order chi connectivity index (χ0) is 18.9. The summed E-state index contributed by atoms with van der Waals surface area (Å²) in [6.45, 7) is 6.63. The molecule has 0 bridgehead atoms. The topological polar surface area (TPSA) is 60.9 Å². The summed E-state index contributed by atoms with van der Waals surface area (Å²) in [4.78, 5) is 27.8. The van der Waals surface area contributed by atoms with E-state index in [2.05, 4.69) is 0 Å². The van der Waals surface area contributed by atoms with Gasteiger partial charge in [0.05, 0.1) is 0 Å². The molecule has 3 rings (SSSR count). The molecule has 2 aliphatic rings. The molecule has 142 valence electrons. The molecule has 5 nitrogen and oxygen atoms in total. The number of likely N-dealkylation sites (tertiary alicyclic amines) is 2. The maximum atomic E-state index is 13.1. The SMILES string of the molecule is CC(C)(Cc1cccc(Cl)c1)C(=O)N1CC[C@@H]2CN(C(=O)O)C[C@@H]2CC1. The van der Waals surface area contributed by atoms with Gasteiger partial charge in [0.25, 0.3) is 0 Å². The highest BCUT2D eigenvalue weighted by Crippen LogP contribution is 2.34. The molecular weight excluding hydrogens is 352 g/mol. The van der Waals surface area contributed by atoms with Crippen LogP contribution in [0.1, 0.15) is 32.3 Å². The number of hydrogen-bond donors (Lipinski definition) is 1. The van der Waals surface area contributed by atoms with E-state index in [0.29, 0.717) is 49.5 Å². The van der Waals surface area contributed by atoms with Crippen molar-refractivity contribution in [2.45, 2.75) is 33.1 Å². The van der Waals surface area contributed by atoms with E-state index in [9.17, 15) is 14.7 Å². The number of carboxylic acid groups (broad SMARTS) is 1. The van der Waals surface area contributed by atoms with E-state index in [1.165, 1.54) is 4.90 Å². The number of benzene rings is 1. The van der Waals surface area contributed by atoms with Crippen LogP contribution in [0.25, 0.3) is 0 Å². The lowest BCUT2D eigenvalue weighted by atomic mass is 9.84. The Morgan fingerprint density at radius 1 is 1.15 bits per heavy atom. The van der Waals surface area contributed by atoms with Crippen molar-refractivity contribution >= 4 is 23.6 Å². The van der Waals surface area contributed by atoms with Gasteiger partial charge < -0.3 is 14.9 Å². The Kier molecular flexibility index (Phi) is 5.47. The van der Waals surface area contributed by atoms with Gasteiger partial charge in [-0.15, -0.1) is 0 Å². The van der Waals surface area contributed by atoms with Gasteiger partial charge in [0.15, 0.2) is 0 Å². The third-order valence-electron chi connectivity index (χ3n) is 5.79. The quantitative estimate of drug-likeness (QED) is 0.871. The van der Waals surface area contributed by atoms with E-state index < -0.39 is 11.5 Å². The number of hydrogen-bond acceptors (Lipinski definition) is 2. The normalized spacial score (nSPS) is 23.5. The van der Waals surface area contributed by atoms with Crippen LogP contribution in [0.2, 0.25) is 5.02 Å². The van der Waals surface area contributed by atoms with Crippen LogP contribution in [0.15, 0.2) is 24.3 Å². The molecule has 2 fully saturated rings. The Balaban J connectivity index is 1.62. The van der Waals surface area contributed by atoms with Crippen LogP contribution in [-0.2, 0) is 11.2 Å². The number of amides is 2. The summed E-state index contributed by atoms with van der Waals surface area (Å²) < 4.78 is 0. The number of nitrogens with zero attached hydrogens (tertiary/aromatic N) is 2. The summed E-state index contributed by atoms with van der Waals surface area (Å²) in [6.07, 6.45) is 1.59. The molecule has 1 aromatic rings. The van der Waals surface area contributed by atoms with Crippen molar-refractivity contribution < 1.29 is 14.7 Å². The first kappa shape index (κ1) is 19.0. The minimum absolute atomic E-state index is 0.174. The first-order valence-electron chi connectivity index (χ1n) is 9.28. The van der Waals surface area contributed by atoms with Crippen LogP contribution in [-0.4, -0.2) is 53.1 Å². The number of rotatable bonds is 3. The maximum Gasteiger partial charge on any atom is 0.407 e. The zero-order valence-electron chi connectivity index (χ0n) is 15.4. The monoisotopic (exact) mass is 378 g/mol. The maximum absolute atomic E-state index is 13.1. The number of carbonyl (C=O) groups excluding carboxylic acids is 1. The molecular formula is C20H27ClN2O3. The average Bonchev–Trinajstić information content (AvgIpc) is 2.88. The average molecular weight is 379 g/mol. The summed E-state index contributed by atoms with van der Waals surface area (Å²) in [6, 6.07) is 7.69. The van der Waals surface area contributed by atoms with Gasteiger partial charge in [-0.1, -0.05) is 37.6 Å². The fraction of sp³-hybridized carbons (Fsp3) is 0.600. The fourth-order valence-corrected chi connectivity index (χ4v) is 4.58. The van der Waals surface area contributed by atoms with Crippen LogP contribution in [0, 0.1) is 17.3 Å². The second kappa shape index (κ2) is 7.47. The predicted octanol–water partition coefficient (Wildman–Crippen LogP) is 3.76. The molecule has 26 heavy (non-hydrogen) atoms. The highest BCUT2D eigenvalue weighted by atomic mass is 35.5. The van der Waals surface area contributed by atoms with Crippen LogP contribution < -0.4 is 0 Å². The molecule has 2 amide bonds. The third kappa shape index (κ3) is 4.14. The lowest BCUT2D eigenvalue weighted by molar-refractivity contribution is -0.140. The van der Waals surface area contributed by atoms with Gasteiger partial charge in [-0.05, 0) is 48.8 Å². The van der Waals surface area contributed by atoms with E-state index in [1.54, 1.807) is 0 Å². The van der Waals surface area contributed by atoms with Gasteiger partial charge in [-0.2, -0.15) is 0 Å². The molecule has 0 radical (unpaired) electrons. The second-order valence-corrected chi connectivity index (χ2v) is 8.70. The van der Waals surface area contributed by atoms with E-state index in [4.69, 9.17) is 11.6 Å². The molecule has 1 N–H and O–H groups in total. The smallest absolute Gasteiger partial charge is 0.407 e. The summed E-state index contributed by atoms with van der Waals surface area (Å²) in [5.74, 6) is 0.924. The highest BCUT2D eigenvalue weighted by Gasteiger charge is 2.39. The fourth-order valence-electron chi connectivity index (χ4n) is 4.37. The summed E-state index contributed by atoms with van der Waals surface area (Å²) in [5, 5.41) is 9.88. The molecule has 2 atom stereocenters. The van der Waals surface area contributed by atoms with Gasteiger partial charge >= 0.3 is 6.09 Å².